The molecule has 1 heterocycles. The van der Waals surface area contributed by atoms with E-state index in [-0.39, 0.29) is 6.04 Å². The largest absolute Gasteiger partial charge is 0.496 e. The molecule has 1 aromatic rings. The molecule has 2 N–H and O–H groups in total. The maximum absolute atomic E-state index is 6.49. The number of nitrogens with zero attached hydrogens (tertiary/aromatic N) is 1. The molecule has 1 aliphatic heterocycles. The first-order chi connectivity index (χ1) is 9.74. The predicted octanol–water partition coefficient (Wildman–Crippen LogP) is 2.96. The molecule has 4 unspecified atom stereocenters. The van der Waals surface area contributed by atoms with Crippen molar-refractivity contribution >= 4 is 0 Å². The fourth-order valence-corrected chi connectivity index (χ4v) is 4.09. The summed E-state index contributed by atoms with van der Waals surface area (Å²) in [6, 6.07) is 9.57. The van der Waals surface area contributed by atoms with Gasteiger partial charge in [0.15, 0.2) is 0 Å². The highest BCUT2D eigenvalue weighted by molar-refractivity contribution is 5.37. The minimum atomic E-state index is 0.172. The molecule has 1 saturated carbocycles. The molecule has 2 aliphatic rings. The molecular formula is C17H26N2O. The Morgan fingerprint density at radius 1 is 1.35 bits per heavy atom. The lowest BCUT2D eigenvalue weighted by Crippen LogP contribution is -2.44. The van der Waals surface area contributed by atoms with Crippen molar-refractivity contribution in [2.45, 2.75) is 50.7 Å². The van der Waals surface area contributed by atoms with E-state index in [1.807, 2.05) is 6.07 Å². The van der Waals surface area contributed by atoms with Gasteiger partial charge in [-0.2, -0.15) is 0 Å². The smallest absolute Gasteiger partial charge is 0.123 e. The molecule has 0 radical (unpaired) electrons. The van der Waals surface area contributed by atoms with Gasteiger partial charge in [-0.05, 0) is 37.7 Å². The topological polar surface area (TPSA) is 38.5 Å². The Balaban J connectivity index is 1.94. The van der Waals surface area contributed by atoms with Crippen LogP contribution in [0.4, 0.5) is 0 Å². The molecule has 1 aliphatic carbocycles. The van der Waals surface area contributed by atoms with Gasteiger partial charge in [0.1, 0.15) is 5.75 Å². The molecule has 4 atom stereocenters. The van der Waals surface area contributed by atoms with E-state index in [1.54, 1.807) is 7.11 Å². The Hall–Kier alpha value is -1.06. The summed E-state index contributed by atoms with van der Waals surface area (Å²) in [6.45, 7) is 3.39. The number of rotatable bonds is 5. The van der Waals surface area contributed by atoms with Crippen molar-refractivity contribution in [2.24, 2.45) is 11.7 Å². The molecule has 0 spiro atoms. The Bertz CT molecular complexity index is 462. The van der Waals surface area contributed by atoms with Gasteiger partial charge < -0.3 is 10.5 Å². The molecule has 1 aromatic carbocycles. The van der Waals surface area contributed by atoms with Crippen LogP contribution in [0.5, 0.6) is 5.75 Å². The van der Waals surface area contributed by atoms with Crippen LogP contribution in [0.3, 0.4) is 0 Å². The van der Waals surface area contributed by atoms with Crippen LogP contribution < -0.4 is 10.5 Å². The minimum Gasteiger partial charge on any atom is -0.496 e. The second-order valence-electron chi connectivity index (χ2n) is 6.29. The van der Waals surface area contributed by atoms with E-state index in [0.717, 1.165) is 24.1 Å². The molecule has 0 amide bonds. The molecule has 2 bridgehead atoms. The predicted molar refractivity (Wildman–Crippen MR) is 81.8 cm³/mol. The van der Waals surface area contributed by atoms with Gasteiger partial charge in [0.05, 0.1) is 13.2 Å². The Morgan fingerprint density at radius 3 is 2.75 bits per heavy atom. The zero-order chi connectivity index (χ0) is 14.1. The molecule has 110 valence electrons. The fourth-order valence-electron chi connectivity index (χ4n) is 4.09. The number of nitrogens with two attached hydrogens (primary N) is 1. The molecule has 3 heteroatoms. The van der Waals surface area contributed by atoms with E-state index >= 15 is 0 Å². The molecule has 3 rings (SSSR count). The van der Waals surface area contributed by atoms with Crippen LogP contribution in [-0.4, -0.2) is 30.6 Å². The van der Waals surface area contributed by atoms with Crippen LogP contribution in [0.1, 0.15) is 44.2 Å². The third-order valence-electron chi connectivity index (χ3n) is 5.14. The van der Waals surface area contributed by atoms with Gasteiger partial charge in [0.25, 0.3) is 0 Å². The zero-order valence-corrected chi connectivity index (χ0v) is 12.6. The van der Waals surface area contributed by atoms with Crippen molar-refractivity contribution in [1.82, 2.24) is 4.90 Å². The number of hydrogen-bond acceptors (Lipinski definition) is 3. The molecule has 20 heavy (non-hydrogen) atoms. The van der Waals surface area contributed by atoms with E-state index in [2.05, 4.69) is 30.0 Å². The summed E-state index contributed by atoms with van der Waals surface area (Å²) in [5.74, 6) is 1.87. The van der Waals surface area contributed by atoms with Crippen LogP contribution in [0.15, 0.2) is 24.3 Å². The van der Waals surface area contributed by atoms with Crippen molar-refractivity contribution in [1.29, 1.82) is 0 Å². The van der Waals surface area contributed by atoms with Crippen molar-refractivity contribution in [2.75, 3.05) is 13.7 Å². The van der Waals surface area contributed by atoms with Crippen LogP contribution >= 0.6 is 0 Å². The van der Waals surface area contributed by atoms with Gasteiger partial charge in [-0.25, -0.2) is 0 Å². The lowest BCUT2D eigenvalue weighted by Gasteiger charge is -2.38. The summed E-state index contributed by atoms with van der Waals surface area (Å²) in [4.78, 5) is 2.65. The van der Waals surface area contributed by atoms with Crippen LogP contribution in [0.2, 0.25) is 0 Å². The SMILES string of the molecule is CCC(N)C(c1ccccc1OC)N1CC2CCC1C2. The number of benzene rings is 1. The van der Waals surface area contributed by atoms with Gasteiger partial charge in [0.2, 0.25) is 0 Å². The number of ether oxygens (including phenoxy) is 1. The van der Waals surface area contributed by atoms with Crippen molar-refractivity contribution in [3.05, 3.63) is 29.8 Å². The maximum Gasteiger partial charge on any atom is 0.123 e. The highest BCUT2D eigenvalue weighted by Crippen LogP contribution is 2.44. The lowest BCUT2D eigenvalue weighted by molar-refractivity contribution is 0.125. The fraction of sp³-hybridized carbons (Fsp3) is 0.647. The van der Waals surface area contributed by atoms with Crippen LogP contribution in [-0.2, 0) is 0 Å². The average Bonchev–Trinajstić information content (AvgIpc) is 3.10. The quantitative estimate of drug-likeness (QED) is 0.897. The van der Waals surface area contributed by atoms with Gasteiger partial charge >= 0.3 is 0 Å². The molecular weight excluding hydrogens is 248 g/mol. The van der Waals surface area contributed by atoms with Crippen LogP contribution in [0, 0.1) is 5.92 Å². The number of para-hydroxylation sites is 1. The summed E-state index contributed by atoms with van der Waals surface area (Å²) >= 11 is 0. The first-order valence-electron chi connectivity index (χ1n) is 7.88. The Labute approximate surface area is 122 Å². The average molecular weight is 274 g/mol. The molecule has 0 aromatic heterocycles. The van der Waals surface area contributed by atoms with E-state index in [1.165, 1.54) is 31.4 Å². The standard InChI is InChI=1S/C17H26N2O/c1-3-15(18)17(14-6-4-5-7-16(14)20-2)19-11-12-8-9-13(19)10-12/h4-7,12-13,15,17H,3,8-11,18H2,1-2H3. The monoisotopic (exact) mass is 274 g/mol. The molecule has 1 saturated heterocycles. The number of likely N-dealkylation sites (tertiary alicyclic amines) is 1. The first-order valence-corrected chi connectivity index (χ1v) is 7.88. The number of methoxy groups -OCH3 is 1. The van der Waals surface area contributed by atoms with Gasteiger partial charge in [-0.3, -0.25) is 4.90 Å². The van der Waals surface area contributed by atoms with Gasteiger partial charge in [-0.1, -0.05) is 25.1 Å². The Kier molecular flexibility index (Phi) is 3.99. The van der Waals surface area contributed by atoms with E-state index in [0.29, 0.717) is 6.04 Å². The second-order valence-corrected chi connectivity index (χ2v) is 6.29. The van der Waals surface area contributed by atoms with Crippen molar-refractivity contribution in [3.8, 4) is 5.75 Å². The normalized spacial score (nSPS) is 28.6. The summed E-state index contributed by atoms with van der Waals surface area (Å²) in [5, 5.41) is 0. The summed E-state index contributed by atoms with van der Waals surface area (Å²) in [6.07, 6.45) is 5.10. The zero-order valence-electron chi connectivity index (χ0n) is 12.6. The van der Waals surface area contributed by atoms with E-state index in [4.69, 9.17) is 10.5 Å². The van der Waals surface area contributed by atoms with E-state index in [9.17, 15) is 0 Å². The van der Waals surface area contributed by atoms with Crippen molar-refractivity contribution < 1.29 is 4.74 Å². The van der Waals surface area contributed by atoms with E-state index < -0.39 is 0 Å². The lowest BCUT2D eigenvalue weighted by atomic mass is 9.93. The maximum atomic E-state index is 6.49. The third-order valence-corrected chi connectivity index (χ3v) is 5.14. The molecule has 3 nitrogen and oxygen atoms in total. The van der Waals surface area contributed by atoms with Gasteiger partial charge in [-0.15, -0.1) is 0 Å². The Morgan fingerprint density at radius 2 is 2.15 bits per heavy atom. The number of piperidine rings is 1. The third kappa shape index (κ3) is 2.33. The van der Waals surface area contributed by atoms with Gasteiger partial charge in [0, 0.05) is 24.2 Å². The first kappa shape index (κ1) is 13.9. The summed E-state index contributed by atoms with van der Waals surface area (Å²) in [7, 11) is 1.75. The highest BCUT2D eigenvalue weighted by atomic mass is 16.5. The van der Waals surface area contributed by atoms with Crippen LogP contribution in [0.25, 0.3) is 0 Å². The molecule has 2 fully saturated rings. The highest BCUT2D eigenvalue weighted by Gasteiger charge is 2.43. The summed E-state index contributed by atoms with van der Waals surface area (Å²) < 4.78 is 5.58. The number of fused-ring (bicyclic) bond motifs is 2. The second kappa shape index (κ2) is 5.74. The summed E-state index contributed by atoms with van der Waals surface area (Å²) in [5.41, 5.74) is 7.75. The van der Waals surface area contributed by atoms with Crippen molar-refractivity contribution in [3.63, 3.8) is 0 Å². The number of hydrogen-bond donors (Lipinski definition) is 1. The minimum absolute atomic E-state index is 0.172.